The van der Waals surface area contributed by atoms with Gasteiger partial charge in [-0.3, -0.25) is 4.90 Å². The van der Waals surface area contributed by atoms with E-state index in [4.69, 9.17) is 15.5 Å². The molecular weight excluding hydrogens is 316 g/mol. The Balaban J connectivity index is 1.62. The highest BCUT2D eigenvalue weighted by molar-refractivity contribution is 7.18. The van der Waals surface area contributed by atoms with Crippen molar-refractivity contribution >= 4 is 38.0 Å². The molecule has 1 saturated heterocycles. The number of para-hydroxylation sites is 1. The topological polar surface area (TPSA) is 64.3 Å². The smallest absolute Gasteiger partial charge is 0.180 e. The molecule has 7 heteroatoms. The van der Waals surface area contributed by atoms with Crippen LogP contribution in [0.2, 0.25) is 0 Å². The predicted molar refractivity (Wildman–Crippen MR) is 90.1 cm³/mol. The lowest BCUT2D eigenvalue weighted by Gasteiger charge is -2.33. The molecule has 22 heavy (non-hydrogen) atoms. The molecule has 5 nitrogen and oxygen atoms in total. The first-order chi connectivity index (χ1) is 10.8. The average Bonchev–Trinajstić information content (AvgIpc) is 3.14. The summed E-state index contributed by atoms with van der Waals surface area (Å²) in [4.78, 5) is 12.5. The molecule has 1 aliphatic rings. The number of aromatic nitrogens is 2. The molecule has 1 unspecified atom stereocenters. The van der Waals surface area contributed by atoms with E-state index < -0.39 is 0 Å². The fourth-order valence-corrected chi connectivity index (χ4v) is 4.48. The highest BCUT2D eigenvalue weighted by atomic mass is 32.1. The lowest BCUT2D eigenvalue weighted by molar-refractivity contribution is -0.0122. The van der Waals surface area contributed by atoms with Crippen LogP contribution in [-0.4, -0.2) is 34.6 Å². The molecule has 3 aromatic rings. The molecule has 4 rings (SSSR count). The molecule has 1 fully saturated rings. The monoisotopic (exact) mass is 332 g/mol. The predicted octanol–water partition coefficient (Wildman–Crippen LogP) is 2.91. The van der Waals surface area contributed by atoms with E-state index in [1.807, 2.05) is 12.3 Å². The number of nitrogens with zero attached hydrogens (tertiary/aromatic N) is 3. The number of thiazole rings is 2. The van der Waals surface area contributed by atoms with Crippen molar-refractivity contribution in [3.63, 3.8) is 0 Å². The van der Waals surface area contributed by atoms with Gasteiger partial charge in [0.1, 0.15) is 5.01 Å². The molecule has 0 bridgehead atoms. The van der Waals surface area contributed by atoms with Gasteiger partial charge in [0.2, 0.25) is 0 Å². The number of nitrogens with two attached hydrogens (primary N) is 1. The summed E-state index contributed by atoms with van der Waals surface area (Å²) in [5, 5.41) is 1.75. The molecule has 0 aliphatic carbocycles. The second-order valence-corrected chi connectivity index (χ2v) is 7.45. The van der Waals surface area contributed by atoms with Gasteiger partial charge in [0.25, 0.3) is 0 Å². The van der Waals surface area contributed by atoms with Crippen LogP contribution in [0.5, 0.6) is 0 Å². The van der Waals surface area contributed by atoms with E-state index in [-0.39, 0.29) is 6.04 Å². The van der Waals surface area contributed by atoms with Gasteiger partial charge >= 0.3 is 0 Å². The average molecular weight is 332 g/mol. The summed E-state index contributed by atoms with van der Waals surface area (Å²) < 4.78 is 6.92. The lowest BCUT2D eigenvalue weighted by atomic mass is 10.2. The first kappa shape index (κ1) is 14.1. The second kappa shape index (κ2) is 5.92. The number of ether oxygens (including phenoxy) is 1. The summed E-state index contributed by atoms with van der Waals surface area (Å²) in [6.07, 6.45) is 1.87. The standard InChI is InChI=1S/C15H16N4OS2/c16-15-17-7-10(21-15)8-19-5-6-20-9-12(19)14-18-11-3-1-2-4-13(11)22-14/h1-4,7,12H,5-6,8-9H2,(H2,16,17). The third-order valence-corrected chi connectivity index (χ3v) is 5.71. The minimum absolute atomic E-state index is 0.203. The van der Waals surface area contributed by atoms with Crippen LogP contribution in [0.25, 0.3) is 10.2 Å². The van der Waals surface area contributed by atoms with Crippen molar-refractivity contribution in [3.05, 3.63) is 40.3 Å². The molecule has 114 valence electrons. The van der Waals surface area contributed by atoms with E-state index in [2.05, 4.69) is 28.1 Å². The molecule has 0 saturated carbocycles. The van der Waals surface area contributed by atoms with Crippen LogP contribution in [-0.2, 0) is 11.3 Å². The zero-order chi connectivity index (χ0) is 14.9. The molecule has 3 heterocycles. The fourth-order valence-electron chi connectivity index (χ4n) is 2.68. The van der Waals surface area contributed by atoms with Gasteiger partial charge < -0.3 is 10.5 Å². The minimum Gasteiger partial charge on any atom is -0.378 e. The molecular formula is C15H16N4OS2. The molecule has 1 aromatic carbocycles. The molecule has 0 radical (unpaired) electrons. The van der Waals surface area contributed by atoms with Gasteiger partial charge in [-0.2, -0.15) is 0 Å². The SMILES string of the molecule is Nc1ncc(CN2CCOCC2c2nc3ccccc3s2)s1. The Hall–Kier alpha value is -1.54. The Morgan fingerprint density at radius 3 is 3.05 bits per heavy atom. The Kier molecular flexibility index (Phi) is 3.79. The Morgan fingerprint density at radius 2 is 2.23 bits per heavy atom. The summed E-state index contributed by atoms with van der Waals surface area (Å²) in [5.74, 6) is 0. The first-order valence-corrected chi connectivity index (χ1v) is 8.80. The third kappa shape index (κ3) is 2.72. The van der Waals surface area contributed by atoms with Crippen molar-refractivity contribution < 1.29 is 4.74 Å². The zero-order valence-corrected chi connectivity index (χ0v) is 13.6. The number of morpholine rings is 1. The number of anilines is 1. The van der Waals surface area contributed by atoms with Crippen LogP contribution in [0.1, 0.15) is 15.9 Å². The zero-order valence-electron chi connectivity index (χ0n) is 11.9. The quantitative estimate of drug-likeness (QED) is 0.799. The van der Waals surface area contributed by atoms with Crippen molar-refractivity contribution in [2.75, 3.05) is 25.5 Å². The summed E-state index contributed by atoms with van der Waals surface area (Å²) in [5.41, 5.74) is 6.80. The first-order valence-electron chi connectivity index (χ1n) is 7.17. The summed E-state index contributed by atoms with van der Waals surface area (Å²) in [7, 11) is 0. The molecule has 1 atom stereocenters. The van der Waals surface area contributed by atoms with Crippen molar-refractivity contribution in [2.45, 2.75) is 12.6 Å². The van der Waals surface area contributed by atoms with Gasteiger partial charge in [-0.25, -0.2) is 9.97 Å². The van der Waals surface area contributed by atoms with Gasteiger partial charge in [0.05, 0.1) is 29.5 Å². The molecule has 2 N–H and O–H groups in total. The number of hydrogen-bond acceptors (Lipinski definition) is 7. The maximum Gasteiger partial charge on any atom is 0.180 e. The fraction of sp³-hybridized carbons (Fsp3) is 0.333. The lowest BCUT2D eigenvalue weighted by Crippen LogP contribution is -2.38. The van der Waals surface area contributed by atoms with E-state index in [0.29, 0.717) is 11.7 Å². The minimum atomic E-state index is 0.203. The Labute approximate surface area is 136 Å². The largest absolute Gasteiger partial charge is 0.378 e. The Bertz CT molecular complexity index is 752. The van der Waals surface area contributed by atoms with E-state index in [1.165, 1.54) is 9.58 Å². The summed E-state index contributed by atoms with van der Waals surface area (Å²) >= 11 is 3.30. The van der Waals surface area contributed by atoms with Gasteiger partial charge in [0, 0.05) is 24.2 Å². The summed E-state index contributed by atoms with van der Waals surface area (Å²) in [6, 6.07) is 8.47. The summed E-state index contributed by atoms with van der Waals surface area (Å²) in [6.45, 7) is 3.20. The van der Waals surface area contributed by atoms with E-state index >= 15 is 0 Å². The van der Waals surface area contributed by atoms with E-state index in [0.717, 1.165) is 30.2 Å². The van der Waals surface area contributed by atoms with Crippen molar-refractivity contribution in [1.29, 1.82) is 0 Å². The van der Waals surface area contributed by atoms with E-state index in [9.17, 15) is 0 Å². The normalized spacial score (nSPS) is 19.7. The van der Waals surface area contributed by atoms with Gasteiger partial charge in [0.15, 0.2) is 5.13 Å². The number of benzene rings is 1. The van der Waals surface area contributed by atoms with Crippen LogP contribution in [0.15, 0.2) is 30.5 Å². The van der Waals surface area contributed by atoms with Gasteiger partial charge in [-0.05, 0) is 12.1 Å². The van der Waals surface area contributed by atoms with Crippen LogP contribution in [0, 0.1) is 0 Å². The number of nitrogen functional groups attached to an aromatic ring is 1. The molecule has 1 aliphatic heterocycles. The number of hydrogen-bond donors (Lipinski definition) is 1. The second-order valence-electron chi connectivity index (χ2n) is 5.25. The highest BCUT2D eigenvalue weighted by Gasteiger charge is 2.27. The number of rotatable bonds is 3. The maximum absolute atomic E-state index is 5.73. The van der Waals surface area contributed by atoms with Crippen LogP contribution < -0.4 is 5.73 Å². The van der Waals surface area contributed by atoms with E-state index in [1.54, 1.807) is 22.7 Å². The molecule has 2 aromatic heterocycles. The maximum atomic E-state index is 5.73. The van der Waals surface area contributed by atoms with Crippen molar-refractivity contribution in [3.8, 4) is 0 Å². The molecule has 0 amide bonds. The van der Waals surface area contributed by atoms with Crippen LogP contribution >= 0.6 is 22.7 Å². The van der Waals surface area contributed by atoms with Gasteiger partial charge in [-0.1, -0.05) is 12.1 Å². The van der Waals surface area contributed by atoms with Crippen molar-refractivity contribution in [1.82, 2.24) is 14.9 Å². The Morgan fingerprint density at radius 1 is 1.32 bits per heavy atom. The van der Waals surface area contributed by atoms with Crippen molar-refractivity contribution in [2.24, 2.45) is 0 Å². The van der Waals surface area contributed by atoms with Crippen LogP contribution in [0.4, 0.5) is 5.13 Å². The third-order valence-electron chi connectivity index (χ3n) is 3.77. The van der Waals surface area contributed by atoms with Crippen LogP contribution in [0.3, 0.4) is 0 Å². The highest BCUT2D eigenvalue weighted by Crippen LogP contribution is 2.32. The number of fused-ring (bicyclic) bond motifs is 1. The van der Waals surface area contributed by atoms with Gasteiger partial charge in [-0.15, -0.1) is 22.7 Å². The molecule has 0 spiro atoms.